The van der Waals surface area contributed by atoms with E-state index in [-0.39, 0.29) is 23.0 Å². The normalized spacial score (nSPS) is 11.7. The fraction of sp³-hybridized carbons (Fsp3) is 0.118. The van der Waals surface area contributed by atoms with Crippen LogP contribution in [0.3, 0.4) is 0 Å². The predicted octanol–water partition coefficient (Wildman–Crippen LogP) is 5.52. The highest BCUT2D eigenvalue weighted by Crippen LogP contribution is 2.28. The monoisotopic (exact) mass is 598 g/mol. The van der Waals surface area contributed by atoms with Gasteiger partial charge in [0.1, 0.15) is 0 Å². The van der Waals surface area contributed by atoms with Crippen molar-refractivity contribution in [2.45, 2.75) is 0 Å². The molecule has 6 rings (SSSR count). The van der Waals surface area contributed by atoms with Crippen LogP contribution in [-0.4, -0.2) is 60.6 Å². The summed E-state index contributed by atoms with van der Waals surface area (Å²) in [6, 6.07) is 26.3. The number of hydrogen-bond donors (Lipinski definition) is 3. The lowest BCUT2D eigenvalue weighted by Crippen LogP contribution is -2.22. The summed E-state index contributed by atoms with van der Waals surface area (Å²) in [5, 5.41) is 9.43. The lowest BCUT2D eigenvalue weighted by atomic mass is 9.83. The molecule has 1 heterocycles. The molecule has 0 unspecified atom stereocenters. The van der Waals surface area contributed by atoms with E-state index in [1.54, 1.807) is 48.5 Å². The zero-order valence-corrected chi connectivity index (χ0v) is 25.1. The number of carbonyl (C=O) groups is 3. The standard InChI is InChI=1S/C34H30N8O3/c1-41(2)33-38-32(39-34(40-33)42(3)4)37-24-16-12-22(13-17-24)35-21-10-14-23(15-11-21)36-31(45)20-9-18-27-28(19-20)30(44)26-8-6-5-7-25(26)29(27)43/h5-19,35H,1-4H3,(H,36,45)(H,37,38,39,40). The van der Waals surface area contributed by atoms with E-state index in [2.05, 4.69) is 30.9 Å². The number of carbonyl (C=O) groups excluding carboxylic acids is 3. The molecule has 0 radical (unpaired) electrons. The number of rotatable bonds is 8. The van der Waals surface area contributed by atoms with Crippen LogP contribution in [0, 0.1) is 0 Å². The van der Waals surface area contributed by atoms with E-state index in [1.807, 2.05) is 74.4 Å². The first-order chi connectivity index (χ1) is 21.7. The minimum absolute atomic E-state index is 0.221. The van der Waals surface area contributed by atoms with Crippen LogP contribution in [0.25, 0.3) is 0 Å². The van der Waals surface area contributed by atoms with Gasteiger partial charge < -0.3 is 25.8 Å². The highest BCUT2D eigenvalue weighted by atomic mass is 16.2. The van der Waals surface area contributed by atoms with Gasteiger partial charge in [0.05, 0.1) is 0 Å². The Hall–Kier alpha value is -6.10. The molecule has 1 amide bonds. The van der Waals surface area contributed by atoms with E-state index < -0.39 is 0 Å². The quantitative estimate of drug-likeness (QED) is 0.206. The molecule has 0 saturated heterocycles. The molecule has 0 spiro atoms. The first kappa shape index (κ1) is 29.0. The maximum Gasteiger partial charge on any atom is 0.255 e. The molecular weight excluding hydrogens is 568 g/mol. The van der Waals surface area contributed by atoms with Crippen molar-refractivity contribution in [3.8, 4) is 0 Å². The van der Waals surface area contributed by atoms with Crippen LogP contribution in [0.1, 0.15) is 42.2 Å². The lowest BCUT2D eigenvalue weighted by Gasteiger charge is -2.18. The average molecular weight is 599 g/mol. The van der Waals surface area contributed by atoms with Gasteiger partial charge in [0.2, 0.25) is 17.8 Å². The smallest absolute Gasteiger partial charge is 0.255 e. The van der Waals surface area contributed by atoms with Gasteiger partial charge in [-0.15, -0.1) is 0 Å². The molecule has 1 aliphatic carbocycles. The molecule has 0 atom stereocenters. The minimum atomic E-state index is -0.380. The van der Waals surface area contributed by atoms with Crippen LogP contribution in [-0.2, 0) is 0 Å². The highest BCUT2D eigenvalue weighted by Gasteiger charge is 2.30. The number of nitrogens with one attached hydrogen (secondary N) is 3. The lowest BCUT2D eigenvalue weighted by molar-refractivity contribution is 0.0978. The van der Waals surface area contributed by atoms with E-state index in [1.165, 1.54) is 6.07 Å². The number of aromatic nitrogens is 3. The van der Waals surface area contributed by atoms with E-state index >= 15 is 0 Å². The van der Waals surface area contributed by atoms with Crippen LogP contribution in [0.15, 0.2) is 91.0 Å². The zero-order chi connectivity index (χ0) is 31.7. The molecule has 0 bridgehead atoms. The largest absolute Gasteiger partial charge is 0.356 e. The van der Waals surface area contributed by atoms with E-state index in [4.69, 9.17) is 0 Å². The maximum absolute atomic E-state index is 13.0. The van der Waals surface area contributed by atoms with Crippen LogP contribution in [0.5, 0.6) is 0 Å². The Morgan fingerprint density at radius 2 is 1.02 bits per heavy atom. The molecule has 0 aliphatic heterocycles. The number of anilines is 7. The van der Waals surface area contributed by atoms with Crippen LogP contribution >= 0.6 is 0 Å². The van der Waals surface area contributed by atoms with Crippen LogP contribution < -0.4 is 25.8 Å². The van der Waals surface area contributed by atoms with Crippen LogP contribution in [0.2, 0.25) is 0 Å². The van der Waals surface area contributed by atoms with Gasteiger partial charge >= 0.3 is 0 Å². The molecule has 11 heteroatoms. The van der Waals surface area contributed by atoms with Gasteiger partial charge in [0, 0.05) is 78.8 Å². The Bertz CT molecular complexity index is 1910. The zero-order valence-electron chi connectivity index (χ0n) is 25.1. The van der Waals surface area contributed by atoms with Crippen molar-refractivity contribution in [3.63, 3.8) is 0 Å². The molecule has 224 valence electrons. The number of nitrogens with zero attached hydrogens (tertiary/aromatic N) is 5. The third kappa shape index (κ3) is 6.04. The number of benzene rings is 4. The molecule has 5 aromatic rings. The first-order valence-corrected chi connectivity index (χ1v) is 14.1. The Labute approximate surface area is 260 Å². The Balaban J connectivity index is 1.09. The van der Waals surface area contributed by atoms with Gasteiger partial charge in [0.25, 0.3) is 5.91 Å². The second-order valence-corrected chi connectivity index (χ2v) is 10.9. The van der Waals surface area contributed by atoms with Crippen molar-refractivity contribution in [1.82, 2.24) is 15.0 Å². The maximum atomic E-state index is 13.0. The molecular formula is C34H30N8O3. The van der Waals surface area contributed by atoms with E-state index in [0.29, 0.717) is 45.8 Å². The summed E-state index contributed by atoms with van der Waals surface area (Å²) in [4.78, 5) is 56.0. The third-order valence-corrected chi connectivity index (χ3v) is 7.17. The summed E-state index contributed by atoms with van der Waals surface area (Å²) in [7, 11) is 7.50. The fourth-order valence-corrected chi connectivity index (χ4v) is 4.82. The van der Waals surface area contributed by atoms with Crippen molar-refractivity contribution < 1.29 is 14.4 Å². The molecule has 3 N–H and O–H groups in total. The van der Waals surface area contributed by atoms with Crippen molar-refractivity contribution in [1.29, 1.82) is 0 Å². The number of ketones is 2. The van der Waals surface area contributed by atoms with Crippen molar-refractivity contribution in [2.75, 3.05) is 53.9 Å². The second-order valence-electron chi connectivity index (χ2n) is 10.9. The van der Waals surface area contributed by atoms with Gasteiger partial charge in [-0.2, -0.15) is 15.0 Å². The van der Waals surface area contributed by atoms with Crippen molar-refractivity contribution in [3.05, 3.63) is 119 Å². The van der Waals surface area contributed by atoms with Crippen LogP contribution in [0.4, 0.5) is 40.6 Å². The number of hydrogen-bond acceptors (Lipinski definition) is 10. The van der Waals surface area contributed by atoms with Gasteiger partial charge in [-0.25, -0.2) is 0 Å². The van der Waals surface area contributed by atoms with Crippen molar-refractivity contribution in [2.24, 2.45) is 0 Å². The predicted molar refractivity (Wildman–Crippen MR) is 176 cm³/mol. The highest BCUT2D eigenvalue weighted by molar-refractivity contribution is 6.28. The Morgan fingerprint density at radius 3 is 1.56 bits per heavy atom. The summed E-state index contributed by atoms with van der Waals surface area (Å²) < 4.78 is 0. The third-order valence-electron chi connectivity index (χ3n) is 7.17. The van der Waals surface area contributed by atoms with Gasteiger partial charge in [0.15, 0.2) is 11.6 Å². The topological polar surface area (TPSA) is 132 Å². The summed E-state index contributed by atoms with van der Waals surface area (Å²) >= 11 is 0. The SMILES string of the molecule is CN(C)c1nc(Nc2ccc(Nc3ccc(NC(=O)c4ccc5c(c4)C(=O)c4ccccc4C5=O)cc3)cc2)nc(N(C)C)n1. The molecule has 11 nitrogen and oxygen atoms in total. The molecule has 1 aliphatic rings. The molecule has 1 aromatic heterocycles. The second kappa shape index (κ2) is 11.9. The van der Waals surface area contributed by atoms with Gasteiger partial charge in [-0.1, -0.05) is 24.3 Å². The summed E-state index contributed by atoms with van der Waals surface area (Å²) in [6.07, 6.45) is 0. The number of amides is 1. The summed E-state index contributed by atoms with van der Waals surface area (Å²) in [5.74, 6) is 0.674. The Kier molecular flexibility index (Phi) is 7.66. The van der Waals surface area contributed by atoms with Gasteiger partial charge in [-0.05, 0) is 66.7 Å². The minimum Gasteiger partial charge on any atom is -0.356 e. The van der Waals surface area contributed by atoms with E-state index in [9.17, 15) is 14.4 Å². The number of fused-ring (bicyclic) bond motifs is 2. The summed E-state index contributed by atoms with van der Waals surface area (Å²) in [6.45, 7) is 0. The summed E-state index contributed by atoms with van der Waals surface area (Å²) in [5.41, 5.74) is 4.65. The van der Waals surface area contributed by atoms with Gasteiger partial charge in [-0.3, -0.25) is 14.4 Å². The Morgan fingerprint density at radius 1 is 0.556 bits per heavy atom. The average Bonchev–Trinajstić information content (AvgIpc) is 3.05. The van der Waals surface area contributed by atoms with Crippen molar-refractivity contribution >= 4 is 58.1 Å². The molecule has 0 fully saturated rings. The first-order valence-electron chi connectivity index (χ1n) is 14.1. The fourth-order valence-electron chi connectivity index (χ4n) is 4.82. The molecule has 0 saturated carbocycles. The molecule has 4 aromatic carbocycles. The molecule has 45 heavy (non-hydrogen) atoms. The van der Waals surface area contributed by atoms with E-state index in [0.717, 1.165) is 17.1 Å².